The number of hydrogen-bond donors (Lipinski definition) is 1. The third-order valence-electron chi connectivity index (χ3n) is 4.13. The molecule has 2 aromatic carbocycles. The monoisotopic (exact) mass is 346 g/mol. The highest BCUT2D eigenvalue weighted by molar-refractivity contribution is 5.92. The molecular weight excluding hydrogens is 324 g/mol. The Balaban J connectivity index is 1.79. The first-order chi connectivity index (χ1) is 12.6. The lowest BCUT2D eigenvalue weighted by Gasteiger charge is -2.19. The van der Waals surface area contributed by atoms with Crippen LogP contribution in [0.5, 0.6) is 0 Å². The summed E-state index contributed by atoms with van der Waals surface area (Å²) in [6, 6.07) is 23.4. The van der Waals surface area contributed by atoms with Gasteiger partial charge in [0, 0.05) is 14.1 Å². The molecule has 0 aliphatic carbocycles. The van der Waals surface area contributed by atoms with Gasteiger partial charge in [0.15, 0.2) is 11.5 Å². The Bertz CT molecular complexity index is 833. The molecule has 1 amide bonds. The van der Waals surface area contributed by atoms with Gasteiger partial charge in [0.1, 0.15) is 0 Å². The van der Waals surface area contributed by atoms with Crippen LogP contribution < -0.4 is 10.2 Å². The topological polar surface area (TPSA) is 58.1 Å². The Morgan fingerprint density at radius 3 is 2.15 bits per heavy atom. The summed E-state index contributed by atoms with van der Waals surface area (Å²) in [5, 5.41) is 11.2. The van der Waals surface area contributed by atoms with Crippen molar-refractivity contribution >= 4 is 11.7 Å². The number of rotatable bonds is 6. The Kier molecular flexibility index (Phi) is 5.59. The van der Waals surface area contributed by atoms with E-state index in [9.17, 15) is 4.79 Å². The molecule has 0 bridgehead atoms. The smallest absolute Gasteiger partial charge is 0.272 e. The van der Waals surface area contributed by atoms with Gasteiger partial charge in [-0.2, -0.15) is 0 Å². The minimum atomic E-state index is -0.229. The number of anilines is 1. The first kappa shape index (κ1) is 17.6. The van der Waals surface area contributed by atoms with E-state index in [0.29, 0.717) is 17.9 Å². The number of benzene rings is 2. The van der Waals surface area contributed by atoms with Gasteiger partial charge >= 0.3 is 0 Å². The average Bonchev–Trinajstić information content (AvgIpc) is 2.69. The summed E-state index contributed by atoms with van der Waals surface area (Å²) in [5.41, 5.74) is 2.53. The Morgan fingerprint density at radius 2 is 1.58 bits per heavy atom. The van der Waals surface area contributed by atoms with E-state index < -0.39 is 0 Å². The van der Waals surface area contributed by atoms with Gasteiger partial charge < -0.3 is 10.2 Å². The third kappa shape index (κ3) is 4.45. The molecule has 1 aromatic heterocycles. The maximum atomic E-state index is 12.7. The van der Waals surface area contributed by atoms with Gasteiger partial charge in [-0.15, -0.1) is 10.2 Å². The number of amides is 1. The number of nitrogens with zero attached hydrogens (tertiary/aromatic N) is 3. The van der Waals surface area contributed by atoms with Gasteiger partial charge in [0.25, 0.3) is 5.91 Å². The van der Waals surface area contributed by atoms with Crippen LogP contribution in [-0.4, -0.2) is 30.2 Å². The number of carbonyl (C=O) groups excluding carboxylic acids is 1. The van der Waals surface area contributed by atoms with Crippen molar-refractivity contribution < 1.29 is 4.79 Å². The molecule has 0 fully saturated rings. The number of aromatic nitrogens is 2. The van der Waals surface area contributed by atoms with E-state index in [1.165, 1.54) is 0 Å². The normalized spacial score (nSPS) is 11.6. The highest BCUT2D eigenvalue weighted by atomic mass is 16.2. The molecule has 1 heterocycles. The van der Waals surface area contributed by atoms with Crippen LogP contribution in [-0.2, 0) is 6.42 Å². The summed E-state index contributed by atoms with van der Waals surface area (Å²) in [6.45, 7) is 0. The van der Waals surface area contributed by atoms with Crippen LogP contribution in [0, 0.1) is 0 Å². The van der Waals surface area contributed by atoms with Crippen molar-refractivity contribution in [1.82, 2.24) is 15.5 Å². The summed E-state index contributed by atoms with van der Waals surface area (Å²) in [5.74, 6) is 0.484. The predicted molar refractivity (Wildman–Crippen MR) is 103 cm³/mol. The zero-order chi connectivity index (χ0) is 18.4. The highest BCUT2D eigenvalue weighted by Crippen LogP contribution is 2.19. The van der Waals surface area contributed by atoms with Gasteiger partial charge in [-0.05, 0) is 29.7 Å². The lowest BCUT2D eigenvalue weighted by molar-refractivity contribution is 0.0930. The first-order valence-electron chi connectivity index (χ1n) is 8.54. The van der Waals surface area contributed by atoms with Crippen LogP contribution in [0.1, 0.15) is 27.7 Å². The molecule has 3 aromatic rings. The molecule has 0 aliphatic rings. The van der Waals surface area contributed by atoms with Crippen molar-refractivity contribution in [3.63, 3.8) is 0 Å². The Morgan fingerprint density at radius 1 is 0.923 bits per heavy atom. The van der Waals surface area contributed by atoms with Crippen molar-refractivity contribution in [3.05, 3.63) is 89.6 Å². The van der Waals surface area contributed by atoms with Crippen LogP contribution in [0.4, 0.5) is 5.82 Å². The van der Waals surface area contributed by atoms with Crippen LogP contribution in [0.25, 0.3) is 0 Å². The standard InChI is InChI=1S/C21H22N4O/c1-25(2)20-14-13-18(23-24-20)21(26)22-19(17-11-7-4-8-12-17)15-16-9-5-3-6-10-16/h3-14,19H,15H2,1-2H3,(H,22,26). The minimum absolute atomic E-state index is 0.138. The second kappa shape index (κ2) is 8.25. The van der Waals surface area contributed by atoms with Gasteiger partial charge in [-0.1, -0.05) is 60.7 Å². The SMILES string of the molecule is CN(C)c1ccc(C(=O)NC(Cc2ccccc2)c2ccccc2)nn1. The molecule has 5 nitrogen and oxygen atoms in total. The average molecular weight is 346 g/mol. The quantitative estimate of drug-likeness (QED) is 0.744. The fourth-order valence-electron chi connectivity index (χ4n) is 2.70. The van der Waals surface area contributed by atoms with Crippen LogP contribution in [0.15, 0.2) is 72.8 Å². The van der Waals surface area contributed by atoms with Crippen LogP contribution in [0.3, 0.4) is 0 Å². The zero-order valence-corrected chi connectivity index (χ0v) is 15.0. The molecule has 3 rings (SSSR count). The molecule has 5 heteroatoms. The maximum absolute atomic E-state index is 12.7. The van der Waals surface area contributed by atoms with Crippen LogP contribution in [0.2, 0.25) is 0 Å². The summed E-state index contributed by atoms with van der Waals surface area (Å²) in [6.07, 6.45) is 0.708. The van der Waals surface area contributed by atoms with E-state index in [0.717, 1.165) is 11.1 Å². The zero-order valence-electron chi connectivity index (χ0n) is 15.0. The molecule has 132 valence electrons. The van der Waals surface area contributed by atoms with Crippen molar-refractivity contribution in [3.8, 4) is 0 Å². The fourth-order valence-corrected chi connectivity index (χ4v) is 2.70. The molecule has 0 aliphatic heterocycles. The molecular formula is C21H22N4O. The van der Waals surface area contributed by atoms with Crippen molar-refractivity contribution in [2.75, 3.05) is 19.0 Å². The highest BCUT2D eigenvalue weighted by Gasteiger charge is 2.17. The van der Waals surface area contributed by atoms with Gasteiger partial charge in [0.05, 0.1) is 6.04 Å². The second-order valence-corrected chi connectivity index (χ2v) is 6.30. The van der Waals surface area contributed by atoms with E-state index in [-0.39, 0.29) is 11.9 Å². The van der Waals surface area contributed by atoms with E-state index in [4.69, 9.17) is 0 Å². The maximum Gasteiger partial charge on any atom is 0.272 e. The number of nitrogens with one attached hydrogen (secondary N) is 1. The molecule has 0 spiro atoms. The lowest BCUT2D eigenvalue weighted by Crippen LogP contribution is -2.31. The molecule has 0 saturated carbocycles. The van der Waals surface area contributed by atoms with Gasteiger partial charge in [0.2, 0.25) is 0 Å². The Labute approximate surface area is 153 Å². The number of carbonyl (C=O) groups is 1. The molecule has 1 atom stereocenters. The van der Waals surface area contributed by atoms with Crippen molar-refractivity contribution in [2.24, 2.45) is 0 Å². The first-order valence-corrected chi connectivity index (χ1v) is 8.54. The summed E-state index contributed by atoms with van der Waals surface area (Å²) >= 11 is 0. The van der Waals surface area contributed by atoms with Gasteiger partial charge in [-0.3, -0.25) is 4.79 Å². The third-order valence-corrected chi connectivity index (χ3v) is 4.13. The Hall–Kier alpha value is -3.21. The van der Waals surface area contributed by atoms with Crippen LogP contribution >= 0.6 is 0 Å². The second-order valence-electron chi connectivity index (χ2n) is 6.30. The minimum Gasteiger partial charge on any atom is -0.361 e. The van der Waals surface area contributed by atoms with E-state index in [1.807, 2.05) is 67.5 Å². The molecule has 26 heavy (non-hydrogen) atoms. The van der Waals surface area contributed by atoms with Gasteiger partial charge in [-0.25, -0.2) is 0 Å². The van der Waals surface area contributed by atoms with E-state index in [2.05, 4.69) is 27.6 Å². The van der Waals surface area contributed by atoms with E-state index in [1.54, 1.807) is 12.1 Å². The van der Waals surface area contributed by atoms with Crippen molar-refractivity contribution in [1.29, 1.82) is 0 Å². The predicted octanol–water partition coefficient (Wildman–Crippen LogP) is 3.26. The van der Waals surface area contributed by atoms with Crippen molar-refractivity contribution in [2.45, 2.75) is 12.5 Å². The molecule has 0 saturated heterocycles. The largest absolute Gasteiger partial charge is 0.361 e. The lowest BCUT2D eigenvalue weighted by atomic mass is 9.98. The molecule has 1 unspecified atom stereocenters. The fraction of sp³-hybridized carbons (Fsp3) is 0.190. The molecule has 0 radical (unpaired) electrons. The van der Waals surface area contributed by atoms with E-state index >= 15 is 0 Å². The number of hydrogen-bond acceptors (Lipinski definition) is 4. The summed E-state index contributed by atoms with van der Waals surface area (Å²) in [4.78, 5) is 14.5. The summed E-state index contributed by atoms with van der Waals surface area (Å²) in [7, 11) is 3.77. The summed E-state index contributed by atoms with van der Waals surface area (Å²) < 4.78 is 0. The molecule has 1 N–H and O–H groups in total.